The van der Waals surface area contributed by atoms with Crippen molar-refractivity contribution in [3.63, 3.8) is 0 Å². The number of carbonyl (C=O) groups excluding carboxylic acids is 1. The van der Waals surface area contributed by atoms with Crippen LogP contribution >= 0.6 is 24.0 Å². The number of thiophene rings is 1. The summed E-state index contributed by atoms with van der Waals surface area (Å²) in [5, 5.41) is 8.04. The average molecular weight is 331 g/mol. The largest absolute Gasteiger partial charge is 0.444 e. The van der Waals surface area contributed by atoms with Crippen LogP contribution in [0.3, 0.4) is 0 Å². The number of ether oxygens (including phenoxy) is 1. The highest BCUT2D eigenvalue weighted by atomic mass is 32.1. The van der Waals surface area contributed by atoms with E-state index in [-0.39, 0.29) is 0 Å². The standard InChI is InChI=1S/C15H13N3O2S2/c16-6-8-3-4-10-11(12(8)21)15(22-13(10)14(17)19)20-9-2-1-5-18-7-9/h1-2,5-7,16,21H,3-4H2,(H2,17,19). The fourth-order valence-corrected chi connectivity index (χ4v) is 3.95. The van der Waals surface area contributed by atoms with Gasteiger partial charge in [0.25, 0.3) is 5.91 Å². The summed E-state index contributed by atoms with van der Waals surface area (Å²) in [4.78, 5) is 16.8. The molecule has 2 aromatic heterocycles. The Morgan fingerprint density at radius 2 is 2.32 bits per heavy atom. The average Bonchev–Trinajstić information content (AvgIpc) is 2.88. The van der Waals surface area contributed by atoms with Gasteiger partial charge in [0.2, 0.25) is 0 Å². The molecule has 0 saturated carbocycles. The fraction of sp³-hybridized carbons (Fsp3) is 0.133. The molecule has 0 fully saturated rings. The number of thiol groups is 1. The zero-order valence-corrected chi connectivity index (χ0v) is 13.2. The highest BCUT2D eigenvalue weighted by Crippen LogP contribution is 2.47. The van der Waals surface area contributed by atoms with Gasteiger partial charge in [-0.25, -0.2) is 0 Å². The Morgan fingerprint density at radius 1 is 1.50 bits per heavy atom. The molecule has 22 heavy (non-hydrogen) atoms. The Labute approximate surface area is 136 Å². The van der Waals surface area contributed by atoms with Gasteiger partial charge in [0, 0.05) is 22.9 Å². The normalized spacial score (nSPS) is 13.7. The maximum Gasteiger partial charge on any atom is 0.259 e. The number of fused-ring (bicyclic) bond motifs is 1. The van der Waals surface area contributed by atoms with Gasteiger partial charge in [-0.3, -0.25) is 9.78 Å². The summed E-state index contributed by atoms with van der Waals surface area (Å²) in [6.07, 6.45) is 5.86. The minimum atomic E-state index is -0.471. The van der Waals surface area contributed by atoms with Gasteiger partial charge in [-0.15, -0.1) is 12.6 Å². The number of amides is 1. The summed E-state index contributed by atoms with van der Waals surface area (Å²) >= 11 is 5.73. The monoisotopic (exact) mass is 331 g/mol. The summed E-state index contributed by atoms with van der Waals surface area (Å²) in [5.41, 5.74) is 7.91. The quantitative estimate of drug-likeness (QED) is 0.593. The number of nitrogens with one attached hydrogen (secondary N) is 1. The Kier molecular flexibility index (Phi) is 4.00. The van der Waals surface area contributed by atoms with Crippen LogP contribution in [0.1, 0.15) is 27.2 Å². The number of pyridine rings is 1. The van der Waals surface area contributed by atoms with E-state index in [1.165, 1.54) is 17.6 Å². The van der Waals surface area contributed by atoms with E-state index in [2.05, 4.69) is 17.6 Å². The first-order valence-electron chi connectivity index (χ1n) is 6.58. The molecule has 3 N–H and O–H groups in total. The SMILES string of the molecule is N=CC1=C(S)c2c(Oc3cccnc3)sc(C(N)=O)c2CC1. The molecule has 7 heteroatoms. The van der Waals surface area contributed by atoms with Crippen molar-refractivity contribution < 1.29 is 9.53 Å². The van der Waals surface area contributed by atoms with Crippen LogP contribution in [0.5, 0.6) is 10.8 Å². The second kappa shape index (κ2) is 5.94. The number of carbonyl (C=O) groups is 1. The molecule has 0 saturated heterocycles. The lowest BCUT2D eigenvalue weighted by Crippen LogP contribution is -2.13. The van der Waals surface area contributed by atoms with E-state index in [1.807, 2.05) is 0 Å². The van der Waals surface area contributed by atoms with Gasteiger partial charge >= 0.3 is 0 Å². The highest BCUT2D eigenvalue weighted by Gasteiger charge is 2.28. The van der Waals surface area contributed by atoms with Gasteiger partial charge in [-0.05, 0) is 36.1 Å². The molecule has 0 unspecified atom stereocenters. The summed E-state index contributed by atoms with van der Waals surface area (Å²) in [5.74, 6) is 0.104. The van der Waals surface area contributed by atoms with Crippen molar-refractivity contribution in [3.05, 3.63) is 46.1 Å². The van der Waals surface area contributed by atoms with Crippen LogP contribution in [0.4, 0.5) is 0 Å². The second-order valence-electron chi connectivity index (χ2n) is 4.75. The maximum atomic E-state index is 11.7. The molecule has 3 rings (SSSR count). The van der Waals surface area contributed by atoms with E-state index in [0.717, 1.165) is 16.7 Å². The molecule has 1 aliphatic carbocycles. The number of primary amides is 1. The summed E-state index contributed by atoms with van der Waals surface area (Å²) in [7, 11) is 0. The lowest BCUT2D eigenvalue weighted by molar-refractivity contribution is 0.100. The van der Waals surface area contributed by atoms with Crippen molar-refractivity contribution in [3.8, 4) is 10.8 Å². The zero-order chi connectivity index (χ0) is 15.7. The van der Waals surface area contributed by atoms with Crippen molar-refractivity contribution in [2.75, 3.05) is 0 Å². The first-order valence-corrected chi connectivity index (χ1v) is 7.84. The topological polar surface area (TPSA) is 89.1 Å². The van der Waals surface area contributed by atoms with Crippen LogP contribution in [-0.2, 0) is 6.42 Å². The Morgan fingerprint density at radius 3 is 2.95 bits per heavy atom. The predicted octanol–water partition coefficient (Wildman–Crippen LogP) is 3.27. The lowest BCUT2D eigenvalue weighted by Gasteiger charge is -2.16. The van der Waals surface area contributed by atoms with Crippen LogP contribution < -0.4 is 10.5 Å². The smallest absolute Gasteiger partial charge is 0.259 e. The molecule has 0 radical (unpaired) electrons. The molecule has 0 bridgehead atoms. The minimum Gasteiger partial charge on any atom is -0.444 e. The third-order valence-corrected chi connectivity index (χ3v) is 5.04. The third kappa shape index (κ3) is 2.53. The van der Waals surface area contributed by atoms with Gasteiger partial charge in [0.05, 0.1) is 11.1 Å². The van der Waals surface area contributed by atoms with Gasteiger partial charge in [-0.1, -0.05) is 11.3 Å². The van der Waals surface area contributed by atoms with Crippen molar-refractivity contribution >= 4 is 41.0 Å². The van der Waals surface area contributed by atoms with Gasteiger partial charge in [0.15, 0.2) is 5.06 Å². The maximum absolute atomic E-state index is 11.7. The molecule has 0 atom stereocenters. The molecule has 1 aliphatic rings. The molecular formula is C15H13N3O2S2. The molecule has 5 nitrogen and oxygen atoms in total. The van der Waals surface area contributed by atoms with Crippen LogP contribution in [0.25, 0.3) is 4.91 Å². The van der Waals surface area contributed by atoms with E-state index in [9.17, 15) is 4.79 Å². The predicted molar refractivity (Wildman–Crippen MR) is 90.2 cm³/mol. The van der Waals surface area contributed by atoms with Crippen LogP contribution in [-0.4, -0.2) is 17.1 Å². The number of aromatic nitrogens is 1. The first kappa shape index (κ1) is 14.8. The van der Waals surface area contributed by atoms with Crippen molar-refractivity contribution in [2.45, 2.75) is 12.8 Å². The third-order valence-electron chi connectivity index (χ3n) is 3.40. The minimum absolute atomic E-state index is 0.471. The van der Waals surface area contributed by atoms with Crippen LogP contribution in [0.2, 0.25) is 0 Å². The Balaban J connectivity index is 2.14. The van der Waals surface area contributed by atoms with Crippen molar-refractivity contribution in [1.29, 1.82) is 5.41 Å². The molecule has 2 heterocycles. The second-order valence-corrected chi connectivity index (χ2v) is 6.18. The van der Waals surface area contributed by atoms with E-state index in [1.54, 1.807) is 24.5 Å². The van der Waals surface area contributed by atoms with E-state index >= 15 is 0 Å². The number of allylic oxidation sites excluding steroid dienone is 1. The highest BCUT2D eigenvalue weighted by molar-refractivity contribution is 7.90. The molecule has 0 aromatic carbocycles. The molecule has 112 valence electrons. The molecule has 0 aliphatic heterocycles. The van der Waals surface area contributed by atoms with E-state index in [4.69, 9.17) is 15.9 Å². The number of nitrogens with zero attached hydrogens (tertiary/aromatic N) is 1. The van der Waals surface area contributed by atoms with Gasteiger partial charge in [-0.2, -0.15) is 0 Å². The summed E-state index contributed by atoms with van der Waals surface area (Å²) in [6, 6.07) is 3.55. The fourth-order valence-electron chi connectivity index (χ4n) is 2.38. The Bertz CT molecular complexity index is 782. The van der Waals surface area contributed by atoms with E-state index in [0.29, 0.717) is 33.4 Å². The number of rotatable bonds is 4. The zero-order valence-electron chi connectivity index (χ0n) is 11.5. The lowest BCUT2D eigenvalue weighted by atomic mass is 9.93. The molecular weight excluding hydrogens is 318 g/mol. The number of hydrogen-bond acceptors (Lipinski definition) is 6. The van der Waals surface area contributed by atoms with Gasteiger partial charge in [0.1, 0.15) is 5.75 Å². The molecule has 0 spiro atoms. The van der Waals surface area contributed by atoms with Gasteiger partial charge < -0.3 is 15.9 Å². The van der Waals surface area contributed by atoms with Crippen molar-refractivity contribution in [1.82, 2.24) is 4.98 Å². The summed E-state index contributed by atoms with van der Waals surface area (Å²) < 4.78 is 5.86. The molecule has 1 amide bonds. The molecule has 2 aromatic rings. The van der Waals surface area contributed by atoms with Crippen LogP contribution in [0.15, 0.2) is 30.1 Å². The van der Waals surface area contributed by atoms with E-state index < -0.39 is 5.91 Å². The first-order chi connectivity index (χ1) is 10.6. The summed E-state index contributed by atoms with van der Waals surface area (Å²) in [6.45, 7) is 0. The van der Waals surface area contributed by atoms with Crippen molar-refractivity contribution in [2.24, 2.45) is 5.73 Å². The Hall–Kier alpha value is -2.12. The van der Waals surface area contributed by atoms with Crippen LogP contribution in [0, 0.1) is 5.41 Å². The number of nitrogens with two attached hydrogens (primary N) is 1. The number of hydrogen-bond donors (Lipinski definition) is 3.